The number of aromatic nitrogens is 2. The van der Waals surface area contributed by atoms with E-state index in [1.807, 2.05) is 42.5 Å². The standard InChI is InChI=1S/C27H35N5O2/c1-28-18-23(33)19-34-24-11-7-10-21(16-24)27-29-25(20-8-5-4-6-9-20)17-26(30-27)32(3)22-12-14-31(2)15-13-22/h4-11,16-17,22-23,28,33H,12-15,18-19H2,1-3H3. The van der Waals surface area contributed by atoms with Crippen LogP contribution in [-0.4, -0.2) is 79.5 Å². The highest BCUT2D eigenvalue weighted by Gasteiger charge is 2.23. The van der Waals surface area contributed by atoms with Gasteiger partial charge in [-0.3, -0.25) is 0 Å². The number of ether oxygens (including phenoxy) is 1. The van der Waals surface area contributed by atoms with Gasteiger partial charge in [-0.1, -0.05) is 42.5 Å². The van der Waals surface area contributed by atoms with E-state index in [1.54, 1.807) is 7.05 Å². The highest BCUT2D eigenvalue weighted by Crippen LogP contribution is 2.29. The first-order chi connectivity index (χ1) is 16.5. The second-order valence-corrected chi connectivity index (χ2v) is 9.00. The Labute approximate surface area is 202 Å². The van der Waals surface area contributed by atoms with Gasteiger partial charge in [-0.15, -0.1) is 0 Å². The molecule has 0 aliphatic carbocycles. The molecule has 1 saturated heterocycles. The van der Waals surface area contributed by atoms with Crippen LogP contribution in [-0.2, 0) is 0 Å². The number of benzene rings is 2. The first-order valence-corrected chi connectivity index (χ1v) is 12.0. The van der Waals surface area contributed by atoms with E-state index in [2.05, 4.69) is 47.4 Å². The Balaban J connectivity index is 1.65. The Morgan fingerprint density at radius 2 is 1.79 bits per heavy atom. The minimum absolute atomic E-state index is 0.222. The van der Waals surface area contributed by atoms with E-state index in [1.165, 1.54) is 0 Å². The zero-order valence-electron chi connectivity index (χ0n) is 20.3. The van der Waals surface area contributed by atoms with E-state index in [0.717, 1.165) is 48.6 Å². The van der Waals surface area contributed by atoms with Crippen LogP contribution in [0.25, 0.3) is 22.6 Å². The van der Waals surface area contributed by atoms with E-state index in [9.17, 15) is 5.11 Å². The number of piperidine rings is 1. The van der Waals surface area contributed by atoms with Crippen LogP contribution in [0.4, 0.5) is 5.82 Å². The number of aliphatic hydroxyl groups is 1. The lowest BCUT2D eigenvalue weighted by Gasteiger charge is -2.36. The van der Waals surface area contributed by atoms with Crippen molar-refractivity contribution in [1.29, 1.82) is 0 Å². The summed E-state index contributed by atoms with van der Waals surface area (Å²) in [6.45, 7) is 2.89. The summed E-state index contributed by atoms with van der Waals surface area (Å²) in [5.74, 6) is 2.28. The maximum atomic E-state index is 9.98. The molecule has 3 aromatic rings. The Morgan fingerprint density at radius 3 is 2.53 bits per heavy atom. The number of aliphatic hydroxyl groups excluding tert-OH is 1. The summed E-state index contributed by atoms with van der Waals surface area (Å²) in [5.41, 5.74) is 2.85. The maximum absolute atomic E-state index is 9.98. The molecule has 34 heavy (non-hydrogen) atoms. The van der Waals surface area contributed by atoms with Crippen LogP contribution < -0.4 is 15.0 Å². The minimum Gasteiger partial charge on any atom is -0.491 e. The molecule has 2 aromatic carbocycles. The second-order valence-electron chi connectivity index (χ2n) is 9.00. The lowest BCUT2D eigenvalue weighted by atomic mass is 10.0. The summed E-state index contributed by atoms with van der Waals surface area (Å²) >= 11 is 0. The lowest BCUT2D eigenvalue weighted by Crippen LogP contribution is -2.42. The van der Waals surface area contributed by atoms with Crippen molar-refractivity contribution in [1.82, 2.24) is 20.2 Å². The number of nitrogens with zero attached hydrogens (tertiary/aromatic N) is 4. The Kier molecular flexibility index (Phi) is 8.11. The SMILES string of the molecule is CNCC(O)COc1cccc(-c2nc(-c3ccccc3)cc(N(C)C3CCN(C)CC3)n2)c1. The zero-order valence-corrected chi connectivity index (χ0v) is 20.3. The molecule has 1 unspecified atom stereocenters. The first-order valence-electron chi connectivity index (χ1n) is 12.0. The molecular weight excluding hydrogens is 426 g/mol. The molecule has 7 nitrogen and oxygen atoms in total. The predicted molar refractivity (Wildman–Crippen MR) is 137 cm³/mol. The van der Waals surface area contributed by atoms with Crippen molar-refractivity contribution in [3.63, 3.8) is 0 Å². The number of nitrogens with one attached hydrogen (secondary N) is 1. The molecule has 1 aliphatic rings. The van der Waals surface area contributed by atoms with E-state index in [0.29, 0.717) is 24.2 Å². The molecule has 1 atom stereocenters. The average Bonchev–Trinajstić information content (AvgIpc) is 2.88. The van der Waals surface area contributed by atoms with E-state index >= 15 is 0 Å². The Morgan fingerprint density at radius 1 is 1.06 bits per heavy atom. The third-order valence-corrected chi connectivity index (χ3v) is 6.35. The molecule has 0 spiro atoms. The number of hydrogen-bond acceptors (Lipinski definition) is 7. The lowest BCUT2D eigenvalue weighted by molar-refractivity contribution is 0.108. The third-order valence-electron chi connectivity index (χ3n) is 6.35. The largest absolute Gasteiger partial charge is 0.491 e. The van der Waals surface area contributed by atoms with Crippen LogP contribution in [0.2, 0.25) is 0 Å². The molecule has 2 heterocycles. The number of hydrogen-bond donors (Lipinski definition) is 2. The Hall–Kier alpha value is -3.00. The summed E-state index contributed by atoms with van der Waals surface area (Å²) in [7, 11) is 6.12. The smallest absolute Gasteiger partial charge is 0.162 e. The van der Waals surface area contributed by atoms with Crippen molar-refractivity contribution < 1.29 is 9.84 Å². The molecule has 0 radical (unpaired) electrons. The molecule has 180 valence electrons. The third kappa shape index (κ3) is 6.11. The zero-order chi connectivity index (χ0) is 23.9. The van der Waals surface area contributed by atoms with E-state index < -0.39 is 6.10 Å². The van der Waals surface area contributed by atoms with Crippen molar-refractivity contribution in [3.8, 4) is 28.4 Å². The van der Waals surface area contributed by atoms with Crippen molar-refractivity contribution >= 4 is 5.82 Å². The highest BCUT2D eigenvalue weighted by atomic mass is 16.5. The quantitative estimate of drug-likeness (QED) is 0.507. The number of anilines is 1. The van der Waals surface area contributed by atoms with Gasteiger partial charge in [0.2, 0.25) is 0 Å². The molecule has 0 amide bonds. The molecule has 1 fully saturated rings. The van der Waals surface area contributed by atoms with Crippen LogP contribution in [0.3, 0.4) is 0 Å². The fourth-order valence-electron chi connectivity index (χ4n) is 4.28. The predicted octanol–water partition coefficient (Wildman–Crippen LogP) is 3.30. The van der Waals surface area contributed by atoms with Crippen molar-refractivity contribution in [3.05, 3.63) is 60.7 Å². The van der Waals surface area contributed by atoms with Gasteiger partial charge in [0.1, 0.15) is 24.3 Å². The molecule has 7 heteroatoms. The molecular formula is C27H35N5O2. The number of likely N-dealkylation sites (N-methyl/N-ethyl adjacent to an activating group) is 1. The topological polar surface area (TPSA) is 73.8 Å². The first kappa shape index (κ1) is 24.1. The van der Waals surface area contributed by atoms with Gasteiger partial charge in [-0.25, -0.2) is 9.97 Å². The van der Waals surface area contributed by atoms with Gasteiger partial charge < -0.3 is 25.0 Å². The highest BCUT2D eigenvalue weighted by molar-refractivity contribution is 5.68. The minimum atomic E-state index is -0.568. The molecule has 2 N–H and O–H groups in total. The fourth-order valence-corrected chi connectivity index (χ4v) is 4.28. The molecule has 4 rings (SSSR count). The number of rotatable bonds is 9. The summed E-state index contributed by atoms with van der Waals surface area (Å²) in [6.07, 6.45) is 1.66. The van der Waals surface area contributed by atoms with Gasteiger partial charge in [0.05, 0.1) is 5.69 Å². The summed E-state index contributed by atoms with van der Waals surface area (Å²) in [5, 5.41) is 12.9. The second kappa shape index (κ2) is 11.4. The molecule has 0 saturated carbocycles. The normalized spacial score (nSPS) is 15.8. The van der Waals surface area contributed by atoms with Crippen LogP contribution in [0.1, 0.15) is 12.8 Å². The van der Waals surface area contributed by atoms with Gasteiger partial charge in [-0.05, 0) is 52.2 Å². The molecule has 1 aromatic heterocycles. The monoisotopic (exact) mass is 461 g/mol. The van der Waals surface area contributed by atoms with Crippen LogP contribution >= 0.6 is 0 Å². The van der Waals surface area contributed by atoms with Gasteiger partial charge >= 0.3 is 0 Å². The van der Waals surface area contributed by atoms with Gasteiger partial charge in [-0.2, -0.15) is 0 Å². The van der Waals surface area contributed by atoms with Crippen molar-refractivity contribution in [2.75, 3.05) is 52.3 Å². The summed E-state index contributed by atoms with van der Waals surface area (Å²) < 4.78 is 5.82. The van der Waals surface area contributed by atoms with Crippen molar-refractivity contribution in [2.24, 2.45) is 0 Å². The van der Waals surface area contributed by atoms with Gasteiger partial charge in [0.25, 0.3) is 0 Å². The fraction of sp³-hybridized carbons (Fsp3) is 0.407. The van der Waals surface area contributed by atoms with Crippen LogP contribution in [0, 0.1) is 0 Å². The van der Waals surface area contributed by atoms with Gasteiger partial charge in [0, 0.05) is 36.8 Å². The number of likely N-dealkylation sites (tertiary alicyclic amines) is 1. The van der Waals surface area contributed by atoms with Crippen molar-refractivity contribution in [2.45, 2.75) is 25.0 Å². The average molecular weight is 462 g/mol. The van der Waals surface area contributed by atoms with E-state index in [4.69, 9.17) is 14.7 Å². The van der Waals surface area contributed by atoms with Crippen LogP contribution in [0.15, 0.2) is 60.7 Å². The maximum Gasteiger partial charge on any atom is 0.162 e. The van der Waals surface area contributed by atoms with E-state index in [-0.39, 0.29) is 6.61 Å². The molecule has 0 bridgehead atoms. The summed E-state index contributed by atoms with van der Waals surface area (Å²) in [6, 6.07) is 20.5. The molecule has 1 aliphatic heterocycles. The van der Waals surface area contributed by atoms with Gasteiger partial charge in [0.15, 0.2) is 5.82 Å². The van der Waals surface area contributed by atoms with Crippen LogP contribution in [0.5, 0.6) is 5.75 Å². The Bertz CT molecular complexity index is 1050. The summed E-state index contributed by atoms with van der Waals surface area (Å²) in [4.78, 5) is 14.6.